The Hall–Kier alpha value is -2.42. The number of nitrogens with zero attached hydrogens (tertiary/aromatic N) is 1. The lowest BCUT2D eigenvalue weighted by Gasteiger charge is -2.24. The SMILES string of the molecule is Cc1ccc(C(=O)C(C)N(C)C(=O)Cc2ccccc2)cc1C. The second-order valence-electron chi connectivity index (χ2n) is 6.01. The van der Waals surface area contributed by atoms with E-state index in [2.05, 4.69) is 0 Å². The van der Waals surface area contributed by atoms with Gasteiger partial charge in [0.1, 0.15) is 0 Å². The number of hydrogen-bond donors (Lipinski definition) is 0. The summed E-state index contributed by atoms with van der Waals surface area (Å²) >= 11 is 0. The second-order valence-corrected chi connectivity index (χ2v) is 6.01. The largest absolute Gasteiger partial charge is 0.335 e. The predicted molar refractivity (Wildman–Crippen MR) is 92.6 cm³/mol. The molecule has 0 aromatic heterocycles. The molecule has 0 spiro atoms. The fourth-order valence-electron chi connectivity index (χ4n) is 2.42. The molecule has 0 aliphatic carbocycles. The van der Waals surface area contributed by atoms with Crippen LogP contribution in [0.1, 0.15) is 34.0 Å². The van der Waals surface area contributed by atoms with Gasteiger partial charge in [-0.1, -0.05) is 42.5 Å². The van der Waals surface area contributed by atoms with E-state index in [-0.39, 0.29) is 11.7 Å². The zero-order valence-electron chi connectivity index (χ0n) is 14.2. The second kappa shape index (κ2) is 7.23. The highest BCUT2D eigenvalue weighted by Crippen LogP contribution is 2.14. The molecule has 1 unspecified atom stereocenters. The molecule has 1 amide bonds. The Labute approximate surface area is 137 Å². The molecule has 0 aliphatic heterocycles. The zero-order chi connectivity index (χ0) is 17.0. The van der Waals surface area contributed by atoms with Gasteiger partial charge in [0.2, 0.25) is 5.91 Å². The minimum absolute atomic E-state index is 0.0305. The summed E-state index contributed by atoms with van der Waals surface area (Å²) in [6.45, 7) is 5.78. The first-order valence-electron chi connectivity index (χ1n) is 7.81. The predicted octanol–water partition coefficient (Wildman–Crippen LogP) is 3.58. The van der Waals surface area contributed by atoms with Gasteiger partial charge in [-0.2, -0.15) is 0 Å². The van der Waals surface area contributed by atoms with Crippen LogP contribution in [0.5, 0.6) is 0 Å². The van der Waals surface area contributed by atoms with E-state index in [0.717, 1.165) is 16.7 Å². The summed E-state index contributed by atoms with van der Waals surface area (Å²) in [5, 5.41) is 0. The van der Waals surface area contributed by atoms with Crippen molar-refractivity contribution in [3.63, 3.8) is 0 Å². The van der Waals surface area contributed by atoms with E-state index < -0.39 is 6.04 Å². The number of aryl methyl sites for hydroxylation is 2. The Bertz CT molecular complexity index is 707. The quantitative estimate of drug-likeness (QED) is 0.792. The van der Waals surface area contributed by atoms with Gasteiger partial charge >= 0.3 is 0 Å². The molecule has 23 heavy (non-hydrogen) atoms. The number of amides is 1. The van der Waals surface area contributed by atoms with Crippen LogP contribution in [0, 0.1) is 13.8 Å². The summed E-state index contributed by atoms with van der Waals surface area (Å²) in [5.41, 5.74) is 3.85. The summed E-state index contributed by atoms with van der Waals surface area (Å²) in [4.78, 5) is 26.5. The van der Waals surface area contributed by atoms with Crippen molar-refractivity contribution in [2.75, 3.05) is 7.05 Å². The van der Waals surface area contributed by atoms with Gasteiger partial charge in [0, 0.05) is 12.6 Å². The van der Waals surface area contributed by atoms with Crippen molar-refractivity contribution in [3.8, 4) is 0 Å². The Kier molecular flexibility index (Phi) is 5.32. The van der Waals surface area contributed by atoms with Crippen LogP contribution in [0.2, 0.25) is 0 Å². The molecule has 0 bridgehead atoms. The number of hydrogen-bond acceptors (Lipinski definition) is 2. The molecule has 0 fully saturated rings. The summed E-state index contributed by atoms with van der Waals surface area (Å²) in [6.07, 6.45) is 0.307. The van der Waals surface area contributed by atoms with Gasteiger partial charge in [-0.3, -0.25) is 9.59 Å². The van der Waals surface area contributed by atoms with E-state index in [1.165, 1.54) is 4.90 Å². The molecule has 0 saturated carbocycles. The number of rotatable bonds is 5. The van der Waals surface area contributed by atoms with Gasteiger partial charge in [-0.25, -0.2) is 0 Å². The first-order valence-corrected chi connectivity index (χ1v) is 7.81. The summed E-state index contributed by atoms with van der Waals surface area (Å²) in [7, 11) is 1.69. The average molecular weight is 309 g/mol. The zero-order valence-corrected chi connectivity index (χ0v) is 14.2. The standard InChI is InChI=1S/C20H23NO2/c1-14-10-11-18(12-15(14)2)20(23)16(3)21(4)19(22)13-17-8-6-5-7-9-17/h5-12,16H,13H2,1-4H3. The Balaban J connectivity index is 2.08. The first kappa shape index (κ1) is 16.9. The van der Waals surface area contributed by atoms with Gasteiger partial charge in [0.05, 0.1) is 12.5 Å². The van der Waals surface area contributed by atoms with E-state index in [1.807, 2.05) is 62.4 Å². The normalized spacial score (nSPS) is 11.8. The molecule has 2 aromatic carbocycles. The maximum atomic E-state index is 12.6. The van der Waals surface area contributed by atoms with Crippen LogP contribution in [0.15, 0.2) is 48.5 Å². The number of benzene rings is 2. The molecule has 2 aromatic rings. The Morgan fingerprint density at radius 1 is 1.00 bits per heavy atom. The smallest absolute Gasteiger partial charge is 0.227 e. The number of Topliss-reactive ketones (excluding diaryl/α,β-unsaturated/α-hetero) is 1. The fraction of sp³-hybridized carbons (Fsp3) is 0.300. The molecule has 1 atom stereocenters. The number of carbonyl (C=O) groups is 2. The number of carbonyl (C=O) groups excluding carboxylic acids is 2. The molecule has 120 valence electrons. The van der Waals surface area contributed by atoms with Crippen molar-refractivity contribution < 1.29 is 9.59 Å². The monoisotopic (exact) mass is 309 g/mol. The average Bonchev–Trinajstić information content (AvgIpc) is 2.56. The van der Waals surface area contributed by atoms with E-state index in [0.29, 0.717) is 12.0 Å². The van der Waals surface area contributed by atoms with Crippen molar-refractivity contribution in [2.45, 2.75) is 33.2 Å². The van der Waals surface area contributed by atoms with E-state index >= 15 is 0 Å². The molecular formula is C20H23NO2. The number of likely N-dealkylation sites (N-methyl/N-ethyl adjacent to an activating group) is 1. The van der Waals surface area contributed by atoms with Crippen LogP contribution in [0.25, 0.3) is 0 Å². The molecule has 3 nitrogen and oxygen atoms in total. The van der Waals surface area contributed by atoms with E-state index in [9.17, 15) is 9.59 Å². The Morgan fingerprint density at radius 3 is 2.26 bits per heavy atom. The highest BCUT2D eigenvalue weighted by atomic mass is 16.2. The lowest BCUT2D eigenvalue weighted by Crippen LogP contribution is -2.41. The lowest BCUT2D eigenvalue weighted by atomic mass is 9.99. The van der Waals surface area contributed by atoms with Gasteiger partial charge in [-0.05, 0) is 43.5 Å². The maximum Gasteiger partial charge on any atom is 0.227 e. The molecule has 2 rings (SSSR count). The topological polar surface area (TPSA) is 37.4 Å². The molecule has 3 heteroatoms. The van der Waals surface area contributed by atoms with Crippen molar-refractivity contribution in [1.29, 1.82) is 0 Å². The highest BCUT2D eigenvalue weighted by molar-refractivity contribution is 6.01. The van der Waals surface area contributed by atoms with E-state index in [4.69, 9.17) is 0 Å². The molecule has 0 aliphatic rings. The van der Waals surface area contributed by atoms with Gasteiger partial charge in [0.25, 0.3) is 0 Å². The minimum Gasteiger partial charge on any atom is -0.335 e. The number of ketones is 1. The molecule has 0 heterocycles. The minimum atomic E-state index is -0.478. The maximum absolute atomic E-state index is 12.6. The Morgan fingerprint density at radius 2 is 1.65 bits per heavy atom. The third kappa shape index (κ3) is 4.07. The van der Waals surface area contributed by atoms with Crippen LogP contribution in [0.4, 0.5) is 0 Å². The first-order chi connectivity index (χ1) is 10.9. The fourth-order valence-corrected chi connectivity index (χ4v) is 2.42. The van der Waals surface area contributed by atoms with E-state index in [1.54, 1.807) is 14.0 Å². The third-order valence-electron chi connectivity index (χ3n) is 4.34. The van der Waals surface area contributed by atoms with Crippen LogP contribution in [-0.2, 0) is 11.2 Å². The molecule has 0 saturated heterocycles. The molecular weight excluding hydrogens is 286 g/mol. The van der Waals surface area contributed by atoms with Crippen molar-refractivity contribution >= 4 is 11.7 Å². The summed E-state index contributed by atoms with van der Waals surface area (Å²) < 4.78 is 0. The van der Waals surface area contributed by atoms with Gasteiger partial charge in [0.15, 0.2) is 5.78 Å². The van der Waals surface area contributed by atoms with Gasteiger partial charge in [-0.15, -0.1) is 0 Å². The van der Waals surface area contributed by atoms with Crippen LogP contribution >= 0.6 is 0 Å². The van der Waals surface area contributed by atoms with Crippen LogP contribution < -0.4 is 0 Å². The summed E-state index contributed by atoms with van der Waals surface area (Å²) in [6, 6.07) is 14.8. The molecule has 0 radical (unpaired) electrons. The summed E-state index contributed by atoms with van der Waals surface area (Å²) in [5.74, 6) is -0.0853. The van der Waals surface area contributed by atoms with Crippen LogP contribution in [0.3, 0.4) is 0 Å². The lowest BCUT2D eigenvalue weighted by molar-refractivity contribution is -0.130. The molecule has 0 N–H and O–H groups in total. The van der Waals surface area contributed by atoms with Crippen molar-refractivity contribution in [1.82, 2.24) is 4.90 Å². The van der Waals surface area contributed by atoms with Crippen molar-refractivity contribution in [2.24, 2.45) is 0 Å². The van der Waals surface area contributed by atoms with Crippen molar-refractivity contribution in [3.05, 3.63) is 70.8 Å². The highest BCUT2D eigenvalue weighted by Gasteiger charge is 2.23. The third-order valence-corrected chi connectivity index (χ3v) is 4.34. The van der Waals surface area contributed by atoms with Crippen LogP contribution in [-0.4, -0.2) is 29.7 Å². The van der Waals surface area contributed by atoms with Gasteiger partial charge < -0.3 is 4.90 Å².